The van der Waals surface area contributed by atoms with E-state index in [0.29, 0.717) is 12.6 Å². The number of piperidine rings is 1. The second-order valence-electron chi connectivity index (χ2n) is 6.56. The smallest absolute Gasteiger partial charge is 0.244 e. The second kappa shape index (κ2) is 8.14. The van der Waals surface area contributed by atoms with Gasteiger partial charge in [0.1, 0.15) is 0 Å². The molecule has 1 unspecified atom stereocenters. The largest absolute Gasteiger partial charge is 0.351 e. The summed E-state index contributed by atoms with van der Waals surface area (Å²) >= 11 is 0. The van der Waals surface area contributed by atoms with Crippen molar-refractivity contribution in [2.24, 2.45) is 5.92 Å². The number of likely N-dealkylation sites (tertiary alicyclic amines) is 1. The highest BCUT2D eigenvalue weighted by molar-refractivity contribution is 5.91. The van der Waals surface area contributed by atoms with Crippen molar-refractivity contribution in [3.8, 4) is 0 Å². The van der Waals surface area contributed by atoms with E-state index >= 15 is 0 Å². The molecule has 0 aliphatic carbocycles. The summed E-state index contributed by atoms with van der Waals surface area (Å²) in [6.45, 7) is 9.59. The van der Waals surface area contributed by atoms with Crippen molar-refractivity contribution in [1.82, 2.24) is 10.2 Å². The van der Waals surface area contributed by atoms with Gasteiger partial charge in [-0.15, -0.1) is 0 Å². The van der Waals surface area contributed by atoms with Crippen LogP contribution in [0.1, 0.15) is 37.8 Å². The van der Waals surface area contributed by atoms with E-state index in [0.717, 1.165) is 24.6 Å². The first-order chi connectivity index (χ1) is 10.5. The molecular weight excluding hydrogens is 272 g/mol. The zero-order valence-electron chi connectivity index (χ0n) is 14.0. The average Bonchev–Trinajstić information content (AvgIpc) is 2.52. The van der Waals surface area contributed by atoms with Gasteiger partial charge < -0.3 is 5.32 Å². The fourth-order valence-electron chi connectivity index (χ4n) is 2.76. The number of rotatable bonds is 5. The predicted molar refractivity (Wildman–Crippen MR) is 92.7 cm³/mol. The highest BCUT2D eigenvalue weighted by Gasteiger charge is 2.20. The summed E-state index contributed by atoms with van der Waals surface area (Å²) in [6.07, 6.45) is 6.02. The van der Waals surface area contributed by atoms with Crippen molar-refractivity contribution in [1.29, 1.82) is 0 Å². The molecule has 1 aromatic carbocycles. The molecule has 0 radical (unpaired) electrons. The van der Waals surface area contributed by atoms with Crippen molar-refractivity contribution in [3.05, 3.63) is 41.5 Å². The van der Waals surface area contributed by atoms with Crippen molar-refractivity contribution < 1.29 is 4.79 Å². The third kappa shape index (κ3) is 5.30. The van der Waals surface area contributed by atoms with Crippen LogP contribution in [-0.2, 0) is 4.79 Å². The summed E-state index contributed by atoms with van der Waals surface area (Å²) in [6, 6.07) is 8.56. The van der Waals surface area contributed by atoms with Gasteiger partial charge in [0, 0.05) is 18.7 Å². The minimum Gasteiger partial charge on any atom is -0.351 e. The van der Waals surface area contributed by atoms with Gasteiger partial charge in [-0.1, -0.05) is 36.8 Å². The lowest BCUT2D eigenvalue weighted by atomic mass is 9.98. The first-order valence-electron chi connectivity index (χ1n) is 8.31. The van der Waals surface area contributed by atoms with E-state index in [2.05, 4.69) is 43.1 Å². The molecule has 1 saturated heterocycles. The number of hydrogen-bond acceptors (Lipinski definition) is 2. The molecule has 1 aromatic rings. The monoisotopic (exact) mass is 300 g/mol. The molecule has 3 nitrogen and oxygen atoms in total. The Morgan fingerprint density at radius 2 is 1.95 bits per heavy atom. The van der Waals surface area contributed by atoms with Gasteiger partial charge in [0.2, 0.25) is 5.91 Å². The lowest BCUT2D eigenvalue weighted by molar-refractivity contribution is -0.116. The first kappa shape index (κ1) is 16.8. The predicted octanol–water partition coefficient (Wildman–Crippen LogP) is 3.24. The maximum absolute atomic E-state index is 11.9. The molecule has 1 N–H and O–H groups in total. The highest BCUT2D eigenvalue weighted by Crippen LogP contribution is 2.17. The van der Waals surface area contributed by atoms with Gasteiger partial charge in [0.05, 0.1) is 0 Å². The van der Waals surface area contributed by atoms with Gasteiger partial charge in [-0.05, 0) is 57.3 Å². The molecule has 120 valence electrons. The maximum Gasteiger partial charge on any atom is 0.244 e. The van der Waals surface area contributed by atoms with Crippen molar-refractivity contribution in [2.45, 2.75) is 39.7 Å². The second-order valence-corrected chi connectivity index (χ2v) is 6.56. The Morgan fingerprint density at radius 1 is 1.32 bits per heavy atom. The molecule has 1 heterocycles. The van der Waals surface area contributed by atoms with E-state index in [1.807, 2.05) is 18.2 Å². The Hall–Kier alpha value is -1.61. The summed E-state index contributed by atoms with van der Waals surface area (Å²) in [7, 11) is 0. The Labute approximate surface area is 134 Å². The minimum absolute atomic E-state index is 0.0159. The van der Waals surface area contributed by atoms with Crippen LogP contribution in [0.4, 0.5) is 0 Å². The molecule has 1 amide bonds. The first-order valence-corrected chi connectivity index (χ1v) is 8.31. The summed E-state index contributed by atoms with van der Waals surface area (Å²) < 4.78 is 0. The van der Waals surface area contributed by atoms with Gasteiger partial charge >= 0.3 is 0 Å². The van der Waals surface area contributed by atoms with Crippen molar-refractivity contribution in [2.75, 3.05) is 19.6 Å². The Kier molecular flexibility index (Phi) is 6.20. The van der Waals surface area contributed by atoms with Gasteiger partial charge in [-0.3, -0.25) is 9.69 Å². The van der Waals surface area contributed by atoms with Crippen LogP contribution in [0.2, 0.25) is 0 Å². The van der Waals surface area contributed by atoms with Gasteiger partial charge in [-0.25, -0.2) is 0 Å². The van der Waals surface area contributed by atoms with Crippen LogP contribution in [-0.4, -0.2) is 36.5 Å². The van der Waals surface area contributed by atoms with Crippen molar-refractivity contribution in [3.63, 3.8) is 0 Å². The van der Waals surface area contributed by atoms with E-state index in [-0.39, 0.29) is 5.91 Å². The molecular formula is C19H28N2O. The van der Waals surface area contributed by atoms with E-state index in [4.69, 9.17) is 0 Å². The Morgan fingerprint density at radius 3 is 2.59 bits per heavy atom. The highest BCUT2D eigenvalue weighted by atomic mass is 16.1. The summed E-state index contributed by atoms with van der Waals surface area (Å²) in [4.78, 5) is 14.4. The number of aryl methyl sites for hydroxylation is 1. The topological polar surface area (TPSA) is 32.3 Å². The minimum atomic E-state index is -0.0159. The van der Waals surface area contributed by atoms with Crippen LogP contribution < -0.4 is 5.32 Å². The van der Waals surface area contributed by atoms with Crippen LogP contribution >= 0.6 is 0 Å². The maximum atomic E-state index is 11.9. The number of nitrogens with zero attached hydrogens (tertiary/aromatic N) is 1. The summed E-state index contributed by atoms with van der Waals surface area (Å²) in [5.74, 6) is 0.827. The molecule has 1 atom stereocenters. The van der Waals surface area contributed by atoms with Crippen LogP contribution in [0.15, 0.2) is 30.3 Å². The zero-order chi connectivity index (χ0) is 15.9. The Bertz CT molecular complexity index is 499. The van der Waals surface area contributed by atoms with Crippen molar-refractivity contribution >= 4 is 12.0 Å². The van der Waals surface area contributed by atoms with Crippen LogP contribution in [0, 0.1) is 12.8 Å². The quantitative estimate of drug-likeness (QED) is 0.847. The van der Waals surface area contributed by atoms with E-state index in [1.54, 1.807) is 6.08 Å². The molecule has 0 spiro atoms. The standard InChI is InChI=1S/C19H28N2O/c1-15-4-6-18(7-5-15)8-9-19(22)20-14-17(3)21-12-10-16(2)11-13-21/h4-9,16-17H,10-14H2,1-3H3,(H,20,22)/b9-8+. The molecule has 1 aliphatic heterocycles. The lowest BCUT2D eigenvalue weighted by Crippen LogP contribution is -2.45. The normalized spacial score (nSPS) is 18.5. The van der Waals surface area contributed by atoms with Gasteiger partial charge in [0.25, 0.3) is 0 Å². The SMILES string of the molecule is Cc1ccc(/C=C/C(=O)NCC(C)N2CCC(C)CC2)cc1. The summed E-state index contributed by atoms with van der Waals surface area (Å²) in [5.41, 5.74) is 2.28. The molecule has 1 aliphatic rings. The van der Waals surface area contributed by atoms with Crippen LogP contribution in [0.3, 0.4) is 0 Å². The molecule has 0 bridgehead atoms. The number of amides is 1. The Balaban J connectivity index is 1.74. The average molecular weight is 300 g/mol. The summed E-state index contributed by atoms with van der Waals surface area (Å²) in [5, 5.41) is 3.01. The number of carbonyl (C=O) groups excluding carboxylic acids is 1. The fraction of sp³-hybridized carbons (Fsp3) is 0.526. The molecule has 0 saturated carbocycles. The van der Waals surface area contributed by atoms with Gasteiger partial charge in [-0.2, -0.15) is 0 Å². The van der Waals surface area contributed by atoms with E-state index in [9.17, 15) is 4.79 Å². The van der Waals surface area contributed by atoms with Crippen LogP contribution in [0.5, 0.6) is 0 Å². The number of carbonyl (C=O) groups is 1. The molecule has 0 aromatic heterocycles. The number of nitrogens with one attached hydrogen (secondary N) is 1. The van der Waals surface area contributed by atoms with E-state index in [1.165, 1.54) is 18.4 Å². The lowest BCUT2D eigenvalue weighted by Gasteiger charge is -2.34. The third-order valence-electron chi connectivity index (χ3n) is 4.52. The molecule has 3 heteroatoms. The molecule has 22 heavy (non-hydrogen) atoms. The number of hydrogen-bond donors (Lipinski definition) is 1. The van der Waals surface area contributed by atoms with Gasteiger partial charge in [0.15, 0.2) is 0 Å². The van der Waals surface area contributed by atoms with Crippen LogP contribution in [0.25, 0.3) is 6.08 Å². The fourth-order valence-corrected chi connectivity index (χ4v) is 2.76. The van der Waals surface area contributed by atoms with E-state index < -0.39 is 0 Å². The molecule has 1 fully saturated rings. The zero-order valence-corrected chi connectivity index (χ0v) is 14.0. The number of benzene rings is 1. The molecule has 2 rings (SSSR count). The third-order valence-corrected chi connectivity index (χ3v) is 4.52.